The molecule has 2 fully saturated rings. The Kier molecular flexibility index (Phi) is 12.7. The first-order valence-electron chi connectivity index (χ1n) is 12.3. The smallest absolute Gasteiger partial charge is 0.545 e. The summed E-state index contributed by atoms with van der Waals surface area (Å²) in [5, 5.41) is 101. The summed E-state index contributed by atoms with van der Waals surface area (Å²) in [5.74, 6) is -4.73. The fraction of sp³-hybridized carbons (Fsp3) is 0.455. The molecule has 236 valence electrons. The zero-order valence-corrected chi connectivity index (χ0v) is 30.0. The number of rotatable bonds is 6. The molecule has 0 unspecified atom stereocenters. The first-order valence-corrected chi connectivity index (χ1v) is 12.3. The van der Waals surface area contributed by atoms with Crippen molar-refractivity contribution in [2.45, 2.75) is 48.1 Å². The molecule has 0 aliphatic carbocycles. The van der Waals surface area contributed by atoms with Gasteiger partial charge in [-0.05, 0) is 0 Å². The van der Waals surface area contributed by atoms with Gasteiger partial charge in [-0.1, -0.05) is 0 Å². The number of carboxylic acid groups (broad SMARTS) is 2. The van der Waals surface area contributed by atoms with Gasteiger partial charge in [0.1, 0.15) is 61.9 Å². The maximum atomic E-state index is 11.6. The number of fused-ring (bicyclic) bond motifs is 2. The van der Waals surface area contributed by atoms with E-state index in [0.717, 1.165) is 34.4 Å². The number of aromatic hydroxyl groups is 2. The molecular formula is C22H22K2N8O14. The number of imidazole rings is 2. The van der Waals surface area contributed by atoms with Crippen LogP contribution in [0.1, 0.15) is 0 Å². The summed E-state index contributed by atoms with van der Waals surface area (Å²) >= 11 is 0. The van der Waals surface area contributed by atoms with Crippen LogP contribution in [0.2, 0.25) is 0 Å². The third-order valence-electron chi connectivity index (χ3n) is 7.16. The van der Waals surface area contributed by atoms with Crippen LogP contribution in [0.25, 0.3) is 22.3 Å². The number of ether oxygens (including phenoxy) is 2. The van der Waals surface area contributed by atoms with Crippen molar-refractivity contribution in [1.29, 1.82) is 0 Å². The number of carbonyl (C=O) groups is 2. The molecule has 8 atom stereocenters. The number of hydrogen-bond acceptors (Lipinski definition) is 20. The Balaban J connectivity index is 0.000000240. The third kappa shape index (κ3) is 6.02. The first kappa shape index (κ1) is 39.0. The van der Waals surface area contributed by atoms with E-state index in [1.54, 1.807) is 0 Å². The van der Waals surface area contributed by atoms with Crippen LogP contribution in [-0.4, -0.2) is 142 Å². The molecule has 2 saturated heterocycles. The zero-order valence-electron chi connectivity index (χ0n) is 23.8. The van der Waals surface area contributed by atoms with E-state index in [4.69, 9.17) is 19.7 Å². The molecule has 24 heteroatoms. The number of nitrogens with zero attached hydrogens (tertiary/aromatic N) is 8. The van der Waals surface area contributed by atoms with Gasteiger partial charge in [0.2, 0.25) is 23.2 Å². The van der Waals surface area contributed by atoms with E-state index in [2.05, 4.69) is 29.9 Å². The van der Waals surface area contributed by atoms with Crippen molar-refractivity contribution in [2.24, 2.45) is 0 Å². The second-order valence-corrected chi connectivity index (χ2v) is 9.48. The predicted molar refractivity (Wildman–Crippen MR) is 128 cm³/mol. The molecule has 8 N–H and O–H groups in total. The number of carboxylic acids is 2. The maximum absolute atomic E-state index is 11.6. The van der Waals surface area contributed by atoms with Gasteiger partial charge < -0.3 is 70.1 Å². The molecule has 22 nitrogen and oxygen atoms in total. The second-order valence-electron chi connectivity index (χ2n) is 9.48. The van der Waals surface area contributed by atoms with Crippen molar-refractivity contribution in [3.63, 3.8) is 0 Å². The largest absolute Gasteiger partial charge is 1.00 e. The summed E-state index contributed by atoms with van der Waals surface area (Å²) in [4.78, 5) is 45.3. The molecule has 0 radical (unpaired) electrons. The van der Waals surface area contributed by atoms with Gasteiger partial charge in [0.05, 0.1) is 25.2 Å². The molecule has 2 aliphatic heterocycles. The molecule has 0 spiro atoms. The molecular weight excluding hydrogens is 678 g/mol. The summed E-state index contributed by atoms with van der Waals surface area (Å²) < 4.78 is 11.9. The summed E-state index contributed by atoms with van der Waals surface area (Å²) in [6.45, 7) is -1.44. The van der Waals surface area contributed by atoms with Gasteiger partial charge >= 0.3 is 103 Å². The Bertz CT molecular complexity index is 1600. The molecule has 4 aromatic heterocycles. The average Bonchev–Trinajstić information content (AvgIpc) is 3.75. The number of aliphatic hydroxyl groups excluding tert-OH is 6. The minimum Gasteiger partial charge on any atom is -0.545 e. The molecule has 6 rings (SSSR count). The van der Waals surface area contributed by atoms with E-state index < -0.39 is 85.0 Å². The minimum atomic E-state index is -2.55. The van der Waals surface area contributed by atoms with Gasteiger partial charge in [-0.3, -0.25) is 9.13 Å². The molecule has 0 bridgehead atoms. The number of carbonyl (C=O) groups excluding carboxylic acids is 2. The Morgan fingerprint density at radius 2 is 1.04 bits per heavy atom. The van der Waals surface area contributed by atoms with Gasteiger partial charge in [0.25, 0.3) is 0 Å². The minimum absolute atomic E-state index is 0. The van der Waals surface area contributed by atoms with E-state index in [0.29, 0.717) is 0 Å². The molecule has 4 aromatic rings. The molecule has 46 heavy (non-hydrogen) atoms. The summed E-state index contributed by atoms with van der Waals surface area (Å²) in [5.41, 5.74) is -5.66. The average molecular weight is 701 g/mol. The van der Waals surface area contributed by atoms with E-state index in [1.807, 2.05) is 0 Å². The van der Waals surface area contributed by atoms with Gasteiger partial charge in [-0.2, -0.15) is 9.97 Å². The van der Waals surface area contributed by atoms with Crippen LogP contribution in [0.5, 0.6) is 11.8 Å². The van der Waals surface area contributed by atoms with E-state index in [-0.39, 0.29) is 125 Å². The number of hydrogen-bond donors (Lipinski definition) is 8. The van der Waals surface area contributed by atoms with Gasteiger partial charge in [-0.25, -0.2) is 19.9 Å². The third-order valence-corrected chi connectivity index (χ3v) is 7.16. The van der Waals surface area contributed by atoms with Crippen molar-refractivity contribution >= 4 is 34.3 Å². The Labute approximate surface area is 340 Å². The predicted octanol–water partition coefficient (Wildman–Crippen LogP) is -13.9. The van der Waals surface area contributed by atoms with Gasteiger partial charge in [0.15, 0.2) is 22.3 Å². The van der Waals surface area contributed by atoms with Gasteiger partial charge in [0, 0.05) is 0 Å². The SMILES string of the molecule is O=C([O-])[C@@]1(n2cnc3c(O)ncnc32)O[C@H](CO)[C@@H](O)[C@H]1O.O=C([O-])[C@@]1(n2cnc3c(O)ncnc32)O[C@H](CO)[C@@H](O)[C@H]1O.[K+].[K+]. The van der Waals surface area contributed by atoms with Crippen molar-refractivity contribution in [2.75, 3.05) is 13.2 Å². The molecule has 0 aromatic carbocycles. The quantitative estimate of drug-likeness (QED) is 0.0865. The van der Waals surface area contributed by atoms with Crippen LogP contribution in [-0.2, 0) is 30.5 Å². The Morgan fingerprint density at radius 3 is 1.33 bits per heavy atom. The molecule has 2 aliphatic rings. The fourth-order valence-electron chi connectivity index (χ4n) is 4.96. The van der Waals surface area contributed by atoms with Crippen LogP contribution in [0.15, 0.2) is 25.3 Å². The summed E-state index contributed by atoms with van der Waals surface area (Å²) in [7, 11) is 0. The molecule has 0 amide bonds. The van der Waals surface area contributed by atoms with Gasteiger partial charge in [-0.15, -0.1) is 0 Å². The van der Waals surface area contributed by atoms with E-state index in [1.165, 1.54) is 0 Å². The second kappa shape index (κ2) is 15.0. The number of aliphatic hydroxyl groups is 6. The molecule has 6 heterocycles. The monoisotopic (exact) mass is 700 g/mol. The van der Waals surface area contributed by atoms with Crippen LogP contribution >= 0.6 is 0 Å². The normalized spacial score (nSPS) is 30.3. The summed E-state index contributed by atoms with van der Waals surface area (Å²) in [6.07, 6.45) is -6.13. The first-order chi connectivity index (χ1) is 20.9. The van der Waals surface area contributed by atoms with E-state index >= 15 is 0 Å². The van der Waals surface area contributed by atoms with Crippen LogP contribution < -0.4 is 113 Å². The Morgan fingerprint density at radius 1 is 0.696 bits per heavy atom. The standard InChI is InChI=1S/2C11H12N4O7.2K/c2*16-1-4-6(17)7(18)11(22-4,10(20)21)15-3-14-5-8(15)12-2-13-9(5)19;;/h2*2-4,6-7,16-18H,1H2,(H,20,21)(H,12,13,19);;/q;;2*+1/p-2/t2*4-,6-,7-,11+;;/m11../s1. The maximum Gasteiger partial charge on any atom is 1.00 e. The van der Waals surface area contributed by atoms with Crippen LogP contribution in [0.4, 0.5) is 0 Å². The zero-order chi connectivity index (χ0) is 32.1. The number of aromatic nitrogens is 8. The topological polar surface area (TPSA) is 348 Å². The van der Waals surface area contributed by atoms with Crippen molar-refractivity contribution in [3.05, 3.63) is 25.3 Å². The summed E-state index contributed by atoms with van der Waals surface area (Å²) in [6, 6.07) is 0. The van der Waals surface area contributed by atoms with E-state index in [9.17, 15) is 50.4 Å². The Hall–Kier alpha value is -1.41. The van der Waals surface area contributed by atoms with Crippen LogP contribution in [0.3, 0.4) is 0 Å². The number of aliphatic carboxylic acids is 2. The van der Waals surface area contributed by atoms with Crippen molar-refractivity contribution in [3.8, 4) is 11.8 Å². The van der Waals surface area contributed by atoms with Crippen molar-refractivity contribution in [1.82, 2.24) is 39.0 Å². The van der Waals surface area contributed by atoms with Crippen LogP contribution in [0, 0.1) is 0 Å². The van der Waals surface area contributed by atoms with Crippen molar-refractivity contribution < 1.29 is 173 Å². The fourth-order valence-corrected chi connectivity index (χ4v) is 4.96. The molecule has 0 saturated carbocycles.